The number of carbonyl (C=O) groups is 1. The first kappa shape index (κ1) is 15.6. The standard InChI is InChI=1S/C15H20N2O3S/c1-9-7-12(11(3)20-9)15(4,19)8-16-14(18)17-13-6-5-10(2)21-13/h5-7,19H,8H2,1-4H3,(H2,16,17,18). The van der Waals surface area contributed by atoms with E-state index in [0.29, 0.717) is 11.3 Å². The first-order chi connectivity index (χ1) is 9.78. The molecule has 0 fully saturated rings. The monoisotopic (exact) mass is 308 g/mol. The van der Waals surface area contributed by atoms with Crippen LogP contribution in [0.25, 0.3) is 0 Å². The van der Waals surface area contributed by atoms with Crippen molar-refractivity contribution in [2.75, 3.05) is 11.9 Å². The maximum absolute atomic E-state index is 11.8. The lowest BCUT2D eigenvalue weighted by Gasteiger charge is -2.23. The minimum absolute atomic E-state index is 0.100. The molecule has 0 bridgehead atoms. The number of urea groups is 1. The zero-order chi connectivity index (χ0) is 15.6. The van der Waals surface area contributed by atoms with Crippen LogP contribution in [0.2, 0.25) is 0 Å². The van der Waals surface area contributed by atoms with E-state index in [4.69, 9.17) is 4.42 Å². The van der Waals surface area contributed by atoms with Crippen LogP contribution in [0.5, 0.6) is 0 Å². The quantitative estimate of drug-likeness (QED) is 0.811. The summed E-state index contributed by atoms with van der Waals surface area (Å²) < 4.78 is 5.42. The van der Waals surface area contributed by atoms with Crippen LogP contribution in [0.15, 0.2) is 22.6 Å². The van der Waals surface area contributed by atoms with Gasteiger partial charge in [-0.2, -0.15) is 0 Å². The van der Waals surface area contributed by atoms with Crippen LogP contribution < -0.4 is 10.6 Å². The van der Waals surface area contributed by atoms with Crippen molar-refractivity contribution in [3.8, 4) is 0 Å². The van der Waals surface area contributed by atoms with Gasteiger partial charge in [-0.1, -0.05) is 0 Å². The molecule has 21 heavy (non-hydrogen) atoms. The minimum atomic E-state index is -1.18. The van der Waals surface area contributed by atoms with E-state index in [1.165, 1.54) is 11.3 Å². The Bertz CT molecular complexity index is 643. The molecular weight excluding hydrogens is 288 g/mol. The number of thiophene rings is 1. The summed E-state index contributed by atoms with van der Waals surface area (Å²) in [5.74, 6) is 1.40. The van der Waals surface area contributed by atoms with Gasteiger partial charge in [0.1, 0.15) is 17.1 Å². The summed E-state index contributed by atoms with van der Waals surface area (Å²) in [7, 11) is 0. The van der Waals surface area contributed by atoms with Crippen molar-refractivity contribution in [1.82, 2.24) is 5.32 Å². The Morgan fingerprint density at radius 3 is 2.62 bits per heavy atom. The number of hydrogen-bond acceptors (Lipinski definition) is 4. The van der Waals surface area contributed by atoms with E-state index >= 15 is 0 Å². The Balaban J connectivity index is 1.95. The molecule has 1 unspecified atom stereocenters. The zero-order valence-electron chi connectivity index (χ0n) is 12.6. The number of hydrogen-bond donors (Lipinski definition) is 3. The molecule has 2 heterocycles. The fourth-order valence-electron chi connectivity index (χ4n) is 2.17. The normalized spacial score (nSPS) is 13.8. The second-order valence-corrected chi connectivity index (χ2v) is 6.61. The largest absolute Gasteiger partial charge is 0.466 e. The second-order valence-electron chi connectivity index (χ2n) is 5.32. The average Bonchev–Trinajstić information content (AvgIpc) is 2.93. The number of carbonyl (C=O) groups excluding carboxylic acids is 1. The number of aryl methyl sites for hydroxylation is 3. The summed E-state index contributed by atoms with van der Waals surface area (Å²) in [5.41, 5.74) is -0.489. The summed E-state index contributed by atoms with van der Waals surface area (Å²) in [6, 6.07) is 5.24. The molecule has 2 rings (SSSR count). The van der Waals surface area contributed by atoms with E-state index in [0.717, 1.165) is 15.6 Å². The smallest absolute Gasteiger partial charge is 0.319 e. The predicted octanol–water partition coefficient (Wildman–Crippen LogP) is 3.30. The zero-order valence-corrected chi connectivity index (χ0v) is 13.4. The predicted molar refractivity (Wildman–Crippen MR) is 83.8 cm³/mol. The van der Waals surface area contributed by atoms with Crippen LogP contribution >= 0.6 is 11.3 Å². The van der Waals surface area contributed by atoms with Crippen LogP contribution in [0.3, 0.4) is 0 Å². The number of amides is 2. The minimum Gasteiger partial charge on any atom is -0.466 e. The Morgan fingerprint density at radius 2 is 2.10 bits per heavy atom. The molecule has 5 nitrogen and oxygen atoms in total. The number of furan rings is 1. The molecule has 1 atom stereocenters. The fourth-order valence-corrected chi connectivity index (χ4v) is 2.93. The molecule has 3 N–H and O–H groups in total. The SMILES string of the molecule is Cc1cc(C(C)(O)CNC(=O)Nc2ccc(C)s2)c(C)o1. The van der Waals surface area contributed by atoms with Crippen molar-refractivity contribution in [2.45, 2.75) is 33.3 Å². The van der Waals surface area contributed by atoms with Crippen molar-refractivity contribution >= 4 is 22.4 Å². The molecule has 0 aromatic carbocycles. The summed E-state index contributed by atoms with van der Waals surface area (Å²) in [4.78, 5) is 13.0. The molecule has 0 spiro atoms. The molecule has 0 aliphatic carbocycles. The Morgan fingerprint density at radius 1 is 1.38 bits per heavy atom. The lowest BCUT2D eigenvalue weighted by Crippen LogP contribution is -2.40. The molecule has 0 saturated heterocycles. The molecule has 2 aromatic rings. The van der Waals surface area contributed by atoms with Gasteiger partial charge in [0.05, 0.1) is 11.5 Å². The summed E-state index contributed by atoms with van der Waals surface area (Å²) >= 11 is 1.50. The maximum Gasteiger partial charge on any atom is 0.319 e. The van der Waals surface area contributed by atoms with Gasteiger partial charge >= 0.3 is 6.03 Å². The first-order valence-electron chi connectivity index (χ1n) is 6.69. The average molecular weight is 308 g/mol. The Hall–Kier alpha value is -1.79. The third-order valence-corrected chi connectivity index (χ3v) is 4.11. The molecule has 114 valence electrons. The number of anilines is 1. The molecule has 0 saturated carbocycles. The van der Waals surface area contributed by atoms with E-state index in [-0.39, 0.29) is 12.6 Å². The molecule has 2 aromatic heterocycles. The van der Waals surface area contributed by atoms with Gasteiger partial charge in [-0.15, -0.1) is 11.3 Å². The van der Waals surface area contributed by atoms with Crippen molar-refractivity contribution in [3.63, 3.8) is 0 Å². The van der Waals surface area contributed by atoms with Gasteiger partial charge in [-0.05, 0) is 45.9 Å². The lowest BCUT2D eigenvalue weighted by molar-refractivity contribution is 0.0584. The van der Waals surface area contributed by atoms with E-state index < -0.39 is 5.60 Å². The topological polar surface area (TPSA) is 74.5 Å². The number of rotatable bonds is 4. The molecule has 0 radical (unpaired) electrons. The highest BCUT2D eigenvalue weighted by molar-refractivity contribution is 7.16. The van der Waals surface area contributed by atoms with Crippen LogP contribution in [0.1, 0.15) is 28.9 Å². The van der Waals surface area contributed by atoms with Gasteiger partial charge < -0.3 is 14.8 Å². The molecular formula is C15H20N2O3S. The van der Waals surface area contributed by atoms with Gasteiger partial charge in [0.2, 0.25) is 0 Å². The summed E-state index contributed by atoms with van der Waals surface area (Å²) in [6.45, 7) is 7.35. The van der Waals surface area contributed by atoms with E-state index in [9.17, 15) is 9.90 Å². The van der Waals surface area contributed by atoms with E-state index in [1.807, 2.05) is 26.0 Å². The van der Waals surface area contributed by atoms with Crippen LogP contribution in [0.4, 0.5) is 9.80 Å². The molecule has 0 aliphatic heterocycles. The lowest BCUT2D eigenvalue weighted by atomic mass is 9.96. The van der Waals surface area contributed by atoms with Gasteiger partial charge in [0.15, 0.2) is 0 Å². The molecule has 2 amide bonds. The van der Waals surface area contributed by atoms with Crippen molar-refractivity contribution in [2.24, 2.45) is 0 Å². The van der Waals surface area contributed by atoms with E-state index in [1.54, 1.807) is 19.9 Å². The third-order valence-electron chi connectivity index (χ3n) is 3.19. The highest BCUT2D eigenvalue weighted by Crippen LogP contribution is 2.26. The van der Waals surface area contributed by atoms with Gasteiger partial charge in [0, 0.05) is 10.4 Å². The third kappa shape index (κ3) is 3.86. The Kier molecular flexibility index (Phi) is 4.39. The second kappa shape index (κ2) is 5.91. The first-order valence-corrected chi connectivity index (χ1v) is 7.51. The van der Waals surface area contributed by atoms with Crippen molar-refractivity contribution in [3.05, 3.63) is 40.2 Å². The van der Waals surface area contributed by atoms with Gasteiger partial charge in [-0.25, -0.2) is 4.79 Å². The van der Waals surface area contributed by atoms with Gasteiger partial charge in [0.25, 0.3) is 0 Å². The fraction of sp³-hybridized carbons (Fsp3) is 0.400. The number of aliphatic hydroxyl groups is 1. The summed E-state index contributed by atoms with van der Waals surface area (Å²) in [6.07, 6.45) is 0. The number of nitrogens with one attached hydrogen (secondary N) is 2. The highest BCUT2D eigenvalue weighted by Gasteiger charge is 2.28. The van der Waals surface area contributed by atoms with Gasteiger partial charge in [-0.3, -0.25) is 5.32 Å². The molecule has 0 aliphatic rings. The maximum atomic E-state index is 11.8. The summed E-state index contributed by atoms with van der Waals surface area (Å²) in [5, 5.41) is 16.7. The van der Waals surface area contributed by atoms with Crippen molar-refractivity contribution in [1.29, 1.82) is 0 Å². The van der Waals surface area contributed by atoms with E-state index in [2.05, 4.69) is 10.6 Å². The Labute approximate surface area is 128 Å². The highest BCUT2D eigenvalue weighted by atomic mass is 32.1. The van der Waals surface area contributed by atoms with Crippen molar-refractivity contribution < 1.29 is 14.3 Å². The van der Waals surface area contributed by atoms with Crippen LogP contribution in [-0.2, 0) is 5.60 Å². The van der Waals surface area contributed by atoms with Crippen LogP contribution in [-0.4, -0.2) is 17.7 Å². The van der Waals surface area contributed by atoms with Crippen LogP contribution in [0, 0.1) is 20.8 Å². The molecule has 6 heteroatoms.